The SMILES string of the molecule is C[Si]1(CCCOCC2CO2)O[Si]2(c3ccccc3)O[Si](C)(c3ccccc3)O[Si]3(c4ccccc4)O[Si](C)(CCCOCC4CO4)O[Si]4(c5ccccc5)O[Si](O)(c5ccccc5)O[Si](c5ccccc5)(O1)O[Si](c1ccccc1)(O4)O[Si](c1ccccc1)(O2)O3. The van der Waals surface area contributed by atoms with Crippen LogP contribution in [0.5, 0.6) is 0 Å². The molecule has 8 aromatic carbocycles. The predicted octanol–water partition coefficient (Wildman–Crippen LogP) is 4.91. The zero-order chi connectivity index (χ0) is 62.1. The number of fused-ring (bicyclic) bond motifs is 4. The van der Waals surface area contributed by atoms with Crippen molar-refractivity contribution in [3.05, 3.63) is 243 Å². The van der Waals surface area contributed by atoms with E-state index in [1.165, 1.54) is 0 Å². The van der Waals surface area contributed by atoms with Crippen molar-refractivity contribution in [1.82, 2.24) is 0 Å². The highest BCUT2D eigenvalue weighted by Gasteiger charge is 2.80. The molecule has 0 amide bonds. The van der Waals surface area contributed by atoms with Crippen LogP contribution in [0.2, 0.25) is 31.7 Å². The molecule has 6 fully saturated rings. The van der Waals surface area contributed by atoms with E-state index in [2.05, 4.69) is 0 Å². The van der Waals surface area contributed by atoms with Crippen molar-refractivity contribution in [2.24, 2.45) is 0 Å². The Morgan fingerprint density at radius 1 is 0.308 bits per heavy atom. The van der Waals surface area contributed by atoms with Gasteiger partial charge in [0.05, 0.1) is 26.4 Å². The van der Waals surface area contributed by atoms with Crippen molar-refractivity contribution < 1.29 is 77.2 Å². The first-order chi connectivity index (χ1) is 44.2. The van der Waals surface area contributed by atoms with E-state index in [4.69, 9.17) is 72.4 Å². The number of benzene rings is 8. The summed E-state index contributed by atoms with van der Waals surface area (Å²) in [7, 11) is -48.6. The molecule has 6 bridgehead atoms. The quantitative estimate of drug-likeness (QED) is 0.0617. The summed E-state index contributed by atoms with van der Waals surface area (Å²) in [6.07, 6.45) is 0.912. The van der Waals surface area contributed by atoms with Crippen molar-refractivity contribution in [2.75, 3.05) is 39.6 Å². The van der Waals surface area contributed by atoms with Gasteiger partial charge in [-0.2, -0.15) is 0 Å². The van der Waals surface area contributed by atoms with Gasteiger partial charge in [-0.1, -0.05) is 243 Å². The summed E-state index contributed by atoms with van der Waals surface area (Å²) in [5.74, 6) is 0. The normalized spacial score (nSPS) is 34.5. The molecule has 6 aliphatic rings. The van der Waals surface area contributed by atoms with Crippen molar-refractivity contribution in [3.63, 3.8) is 0 Å². The van der Waals surface area contributed by atoms with E-state index in [-0.39, 0.29) is 24.3 Å². The first kappa shape index (κ1) is 63.6. The van der Waals surface area contributed by atoms with Gasteiger partial charge in [0.1, 0.15) is 12.2 Å². The molecule has 6 heterocycles. The van der Waals surface area contributed by atoms with Gasteiger partial charge in [0, 0.05) is 49.5 Å². The van der Waals surface area contributed by atoms with Crippen LogP contribution < -0.4 is 41.5 Å². The van der Waals surface area contributed by atoms with Crippen LogP contribution in [0.15, 0.2) is 243 Å². The lowest BCUT2D eigenvalue weighted by Gasteiger charge is -2.58. The van der Waals surface area contributed by atoms with Crippen LogP contribution in [0.3, 0.4) is 0 Å². The molecule has 1 N–H and O–H groups in total. The van der Waals surface area contributed by atoms with Crippen LogP contribution in [-0.2, 0) is 72.4 Å². The lowest BCUT2D eigenvalue weighted by atomic mass is 10.4. The van der Waals surface area contributed by atoms with Crippen molar-refractivity contribution in [2.45, 2.75) is 56.8 Å². The molecule has 0 spiro atoms. The van der Waals surface area contributed by atoms with E-state index in [0.717, 1.165) is 5.19 Å². The summed E-state index contributed by atoms with van der Waals surface area (Å²) in [6.45, 7) is 8.74. The predicted molar refractivity (Wildman–Crippen MR) is 360 cm³/mol. The molecule has 14 rings (SSSR count). The lowest BCUT2D eigenvalue weighted by Crippen LogP contribution is -2.90. The number of hydrogen-bond acceptors (Lipinski definition) is 18. The first-order valence-corrected chi connectivity index (χ1v) is 50.3. The van der Waals surface area contributed by atoms with E-state index in [9.17, 15) is 4.80 Å². The third kappa shape index (κ3) is 13.5. The molecule has 18 nitrogen and oxygen atoms in total. The topological polar surface area (TPSA) is 184 Å². The number of rotatable bonds is 20. The average molecular weight is 1400 g/mol. The van der Waals surface area contributed by atoms with Gasteiger partial charge in [0.2, 0.25) is 0 Å². The number of ether oxygens (including phenoxy) is 4. The molecule has 8 atom stereocenters. The molecule has 0 aromatic heterocycles. The van der Waals surface area contributed by atoms with Crippen LogP contribution in [0, 0.1) is 0 Å². The van der Waals surface area contributed by atoms with Gasteiger partial charge < -0.3 is 77.2 Å². The summed E-state index contributed by atoms with van der Waals surface area (Å²) in [5.41, 5.74) is 0. The highest BCUT2D eigenvalue weighted by atomic mass is 28.6. The Morgan fingerprint density at radius 3 is 0.802 bits per heavy atom. The van der Waals surface area contributed by atoms with Gasteiger partial charge >= 0.3 is 87.3 Å². The zero-order valence-corrected chi connectivity index (χ0v) is 60.7. The minimum atomic E-state index is -5.30. The zero-order valence-electron chi connectivity index (χ0n) is 50.7. The average Bonchev–Trinajstić information content (AvgIpc) is 1.69. The van der Waals surface area contributed by atoms with Crippen LogP contribution in [0.25, 0.3) is 0 Å². The second-order valence-electron chi connectivity index (χ2n) is 23.7. The molecular formula is C63H72O18Si10. The highest BCUT2D eigenvalue weighted by molar-refractivity contribution is 7.10. The van der Waals surface area contributed by atoms with Crippen LogP contribution in [-0.4, -0.2) is 144 Å². The molecule has 472 valence electrons. The van der Waals surface area contributed by atoms with Crippen molar-refractivity contribution in [1.29, 1.82) is 0 Å². The van der Waals surface area contributed by atoms with Gasteiger partial charge in [-0.05, 0) is 49.8 Å². The molecule has 91 heavy (non-hydrogen) atoms. The summed E-state index contributed by atoms with van der Waals surface area (Å²) in [4.78, 5) is 14.7. The second-order valence-corrected chi connectivity index (χ2v) is 54.2. The molecule has 8 aromatic rings. The molecule has 6 aliphatic heterocycles. The van der Waals surface area contributed by atoms with E-state index in [0.29, 0.717) is 88.8 Å². The van der Waals surface area contributed by atoms with Gasteiger partial charge in [0.25, 0.3) is 0 Å². The van der Waals surface area contributed by atoms with Crippen molar-refractivity contribution in [3.8, 4) is 0 Å². The molecule has 0 radical (unpaired) electrons. The Balaban J connectivity index is 1.15. The van der Waals surface area contributed by atoms with Crippen molar-refractivity contribution >= 4 is 129 Å². The maximum absolute atomic E-state index is 14.7. The fourth-order valence-corrected chi connectivity index (χ4v) is 65.5. The Kier molecular flexibility index (Phi) is 18.2. The van der Waals surface area contributed by atoms with E-state index >= 15 is 0 Å². The number of epoxide rings is 2. The van der Waals surface area contributed by atoms with Gasteiger partial charge in [-0.15, -0.1) is 0 Å². The van der Waals surface area contributed by atoms with Crippen LogP contribution >= 0.6 is 0 Å². The third-order valence-corrected chi connectivity index (χ3v) is 59.2. The Labute approximate surface area is 541 Å². The van der Waals surface area contributed by atoms with E-state index in [1.54, 1.807) is 12.1 Å². The molecule has 0 aliphatic carbocycles. The smallest absolute Gasteiger partial charge is 0.391 e. The largest absolute Gasteiger partial charge is 0.520 e. The van der Waals surface area contributed by atoms with Crippen LogP contribution in [0.4, 0.5) is 0 Å². The Hall–Kier alpha value is -4.79. The maximum atomic E-state index is 14.7. The summed E-state index contributed by atoms with van der Waals surface area (Å²) < 4.78 is 132. The van der Waals surface area contributed by atoms with E-state index in [1.807, 2.05) is 250 Å². The molecule has 0 saturated carbocycles. The lowest BCUT2D eigenvalue weighted by molar-refractivity contribution is 0.0523. The number of hydrogen-bond donors (Lipinski definition) is 1. The fraction of sp³-hybridized carbons (Fsp3) is 0.238. The highest BCUT2D eigenvalue weighted by Crippen LogP contribution is 2.45. The molecular weight excluding hydrogens is 1330 g/mol. The maximum Gasteiger partial charge on any atom is 0.520 e. The van der Waals surface area contributed by atoms with Gasteiger partial charge in [0.15, 0.2) is 0 Å². The Bertz CT molecular complexity index is 3340. The molecule has 6 saturated heterocycles. The Morgan fingerprint density at radius 2 is 0.538 bits per heavy atom. The van der Waals surface area contributed by atoms with Gasteiger partial charge in [-0.25, -0.2) is 0 Å². The van der Waals surface area contributed by atoms with E-state index < -0.39 is 87.3 Å². The minimum absolute atomic E-state index is 0.0262. The van der Waals surface area contributed by atoms with Gasteiger partial charge in [-0.3, -0.25) is 0 Å². The van der Waals surface area contributed by atoms with Crippen LogP contribution in [0.1, 0.15) is 12.8 Å². The minimum Gasteiger partial charge on any atom is -0.391 e. The standard InChI is InChI=1S/C63H72O18Si10/c1-82(48-28-46-65-50-54-52-67-54)69-86(58-34-16-6-17-35-58)73-84(3,56-30-12-4-13-31-56)74-87(59-36-18-7-19-37-59)70-83(2,49-29-47-66-51-55-53-68-55)72-89(61-40-22-9-23-41-61)76-85(64,57-32-14-5-15-33-57)75-88(71-82,60-38-20-8-21-39-60)79-91(80-89,63-44-26-11-27-45-63)81-90(77-86,78-87)62-42-24-10-25-43-62/h4-27,30-45,54-55,64H,28-29,46-53H2,1-3H3. The summed E-state index contributed by atoms with van der Waals surface area (Å²) in [5, 5.41) is 4.04. The first-order valence-electron chi connectivity index (χ1n) is 30.9. The molecule has 8 unspecified atom stereocenters. The summed E-state index contributed by atoms with van der Waals surface area (Å²) >= 11 is 0. The second kappa shape index (κ2) is 26.1. The monoisotopic (exact) mass is 1400 g/mol. The molecule has 28 heteroatoms. The fourth-order valence-electron chi connectivity index (χ4n) is 11.8. The third-order valence-electron chi connectivity index (χ3n) is 16.4. The summed E-state index contributed by atoms with van der Waals surface area (Å²) in [6, 6.07) is 77.2.